The molecule has 0 radical (unpaired) electrons. The van der Waals surface area contributed by atoms with Crippen LogP contribution in [0.5, 0.6) is 0 Å². The summed E-state index contributed by atoms with van der Waals surface area (Å²) in [5.74, 6) is 0.628. The van der Waals surface area contributed by atoms with Crippen LogP contribution in [-0.4, -0.2) is 4.98 Å². The van der Waals surface area contributed by atoms with Gasteiger partial charge < -0.3 is 10.2 Å². The van der Waals surface area contributed by atoms with Crippen LogP contribution in [0.1, 0.15) is 12.5 Å². The van der Waals surface area contributed by atoms with Crippen LogP contribution in [0.25, 0.3) is 22.6 Å². The second-order valence-corrected chi connectivity index (χ2v) is 5.32. The minimum absolute atomic E-state index is 0.628. The van der Waals surface area contributed by atoms with Gasteiger partial charge in [-0.1, -0.05) is 22.9 Å². The molecule has 0 atom stereocenters. The van der Waals surface area contributed by atoms with Crippen molar-refractivity contribution in [1.82, 2.24) is 4.98 Å². The fraction of sp³-hybridized carbons (Fsp3) is 0.133. The van der Waals surface area contributed by atoms with Gasteiger partial charge in [0.15, 0.2) is 5.58 Å². The van der Waals surface area contributed by atoms with Gasteiger partial charge in [-0.2, -0.15) is 0 Å². The van der Waals surface area contributed by atoms with Gasteiger partial charge in [0.2, 0.25) is 5.89 Å². The number of hydrogen-bond acceptors (Lipinski definition) is 3. The third-order valence-corrected chi connectivity index (χ3v) is 3.59. The van der Waals surface area contributed by atoms with Crippen LogP contribution >= 0.6 is 15.9 Å². The van der Waals surface area contributed by atoms with Crippen LogP contribution in [0.15, 0.2) is 45.3 Å². The van der Waals surface area contributed by atoms with Gasteiger partial charge in [-0.05, 0) is 48.4 Å². The van der Waals surface area contributed by atoms with E-state index in [4.69, 9.17) is 10.2 Å². The highest BCUT2D eigenvalue weighted by atomic mass is 79.9. The zero-order valence-corrected chi connectivity index (χ0v) is 12.1. The minimum Gasteiger partial charge on any atom is -0.436 e. The van der Waals surface area contributed by atoms with Gasteiger partial charge in [0.25, 0.3) is 0 Å². The van der Waals surface area contributed by atoms with E-state index < -0.39 is 0 Å². The van der Waals surface area contributed by atoms with Crippen molar-refractivity contribution in [3.63, 3.8) is 0 Å². The molecule has 96 valence electrons. The van der Waals surface area contributed by atoms with Gasteiger partial charge in [0.1, 0.15) is 5.52 Å². The summed E-state index contributed by atoms with van der Waals surface area (Å²) in [6, 6.07) is 11.7. The molecule has 0 saturated carbocycles. The van der Waals surface area contributed by atoms with E-state index in [2.05, 4.69) is 27.8 Å². The molecule has 19 heavy (non-hydrogen) atoms. The number of oxazole rings is 1. The first-order chi connectivity index (χ1) is 9.17. The highest BCUT2D eigenvalue weighted by Gasteiger charge is 2.11. The number of rotatable bonds is 2. The lowest BCUT2D eigenvalue weighted by molar-refractivity contribution is 0.615. The van der Waals surface area contributed by atoms with Crippen molar-refractivity contribution in [3.05, 3.63) is 46.4 Å². The van der Waals surface area contributed by atoms with Crippen molar-refractivity contribution >= 4 is 32.7 Å². The van der Waals surface area contributed by atoms with E-state index in [0.29, 0.717) is 5.89 Å². The molecule has 4 heteroatoms. The smallest absolute Gasteiger partial charge is 0.227 e. The molecule has 0 fully saturated rings. The van der Waals surface area contributed by atoms with Crippen molar-refractivity contribution in [2.24, 2.45) is 0 Å². The van der Waals surface area contributed by atoms with Crippen LogP contribution in [0.2, 0.25) is 0 Å². The van der Waals surface area contributed by atoms with Crippen LogP contribution in [0, 0.1) is 0 Å². The molecule has 0 amide bonds. The van der Waals surface area contributed by atoms with E-state index in [0.717, 1.165) is 38.8 Å². The Balaban J connectivity index is 2.18. The molecular weight excluding hydrogens is 304 g/mol. The molecule has 1 aromatic heterocycles. The molecule has 3 nitrogen and oxygen atoms in total. The molecule has 3 rings (SSSR count). The van der Waals surface area contributed by atoms with Crippen molar-refractivity contribution < 1.29 is 4.42 Å². The molecular formula is C15H13BrN2O. The maximum atomic E-state index is 5.89. The number of fused-ring (bicyclic) bond motifs is 1. The summed E-state index contributed by atoms with van der Waals surface area (Å²) in [5.41, 5.74) is 10.3. The molecule has 0 saturated heterocycles. The van der Waals surface area contributed by atoms with E-state index >= 15 is 0 Å². The van der Waals surface area contributed by atoms with Gasteiger partial charge in [0, 0.05) is 15.7 Å². The SMILES string of the molecule is CCc1cc(N)cc2nc(-c3ccc(Br)cc3)oc12. The second-order valence-electron chi connectivity index (χ2n) is 4.41. The standard InChI is InChI=1S/C15H13BrN2O/c1-2-9-7-12(17)8-13-14(9)19-15(18-13)10-3-5-11(16)6-4-10/h3-8H,2,17H2,1H3. The summed E-state index contributed by atoms with van der Waals surface area (Å²) in [6.45, 7) is 2.08. The molecule has 0 spiro atoms. The number of nitrogens with two attached hydrogens (primary N) is 1. The molecule has 0 aliphatic carbocycles. The Morgan fingerprint density at radius 3 is 2.63 bits per heavy atom. The maximum Gasteiger partial charge on any atom is 0.227 e. The first-order valence-corrected chi connectivity index (χ1v) is 6.91. The zero-order valence-electron chi connectivity index (χ0n) is 10.5. The number of hydrogen-bond donors (Lipinski definition) is 1. The lowest BCUT2D eigenvalue weighted by Crippen LogP contribution is -1.88. The van der Waals surface area contributed by atoms with Crippen LogP contribution in [-0.2, 0) is 6.42 Å². The molecule has 0 bridgehead atoms. The number of nitrogens with zero attached hydrogens (tertiary/aromatic N) is 1. The second kappa shape index (κ2) is 4.70. The Labute approximate surface area is 119 Å². The molecule has 0 aliphatic rings. The number of aryl methyl sites for hydroxylation is 1. The minimum atomic E-state index is 0.628. The monoisotopic (exact) mass is 316 g/mol. The summed E-state index contributed by atoms with van der Waals surface area (Å²) in [7, 11) is 0. The molecule has 1 heterocycles. The molecule has 2 N–H and O–H groups in total. The van der Waals surface area contributed by atoms with Gasteiger partial charge >= 0.3 is 0 Å². The Bertz CT molecular complexity index is 732. The highest BCUT2D eigenvalue weighted by molar-refractivity contribution is 9.10. The first kappa shape index (κ1) is 12.2. The quantitative estimate of drug-likeness (QED) is 0.713. The predicted octanol–water partition coefficient (Wildman–Crippen LogP) is 4.40. The van der Waals surface area contributed by atoms with E-state index in [-0.39, 0.29) is 0 Å². The average molecular weight is 317 g/mol. The van der Waals surface area contributed by atoms with Gasteiger partial charge in [-0.15, -0.1) is 0 Å². The topological polar surface area (TPSA) is 52.0 Å². The fourth-order valence-corrected chi connectivity index (χ4v) is 2.37. The zero-order chi connectivity index (χ0) is 13.4. The number of halogens is 1. The molecule has 3 aromatic rings. The lowest BCUT2D eigenvalue weighted by atomic mass is 10.1. The van der Waals surface area contributed by atoms with Crippen molar-refractivity contribution in [2.45, 2.75) is 13.3 Å². The first-order valence-electron chi connectivity index (χ1n) is 6.12. The van der Waals surface area contributed by atoms with Gasteiger partial charge in [0.05, 0.1) is 0 Å². The number of aromatic nitrogens is 1. The van der Waals surface area contributed by atoms with Crippen LogP contribution in [0.3, 0.4) is 0 Å². The lowest BCUT2D eigenvalue weighted by Gasteiger charge is -1.98. The Kier molecular flexibility index (Phi) is 3.03. The maximum absolute atomic E-state index is 5.89. The Morgan fingerprint density at radius 1 is 1.21 bits per heavy atom. The van der Waals surface area contributed by atoms with Crippen LogP contribution < -0.4 is 5.73 Å². The van der Waals surface area contributed by atoms with E-state index in [1.807, 2.05) is 36.4 Å². The van der Waals surface area contributed by atoms with Gasteiger partial charge in [-0.3, -0.25) is 0 Å². The molecule has 0 unspecified atom stereocenters. The van der Waals surface area contributed by atoms with E-state index in [9.17, 15) is 0 Å². The normalized spacial score (nSPS) is 11.1. The third-order valence-electron chi connectivity index (χ3n) is 3.06. The Morgan fingerprint density at radius 2 is 1.95 bits per heavy atom. The highest BCUT2D eigenvalue weighted by Crippen LogP contribution is 2.29. The summed E-state index contributed by atoms with van der Waals surface area (Å²) in [4.78, 5) is 4.52. The number of nitrogen functional groups attached to an aromatic ring is 1. The molecule has 2 aromatic carbocycles. The third kappa shape index (κ3) is 2.24. The van der Waals surface area contributed by atoms with Gasteiger partial charge in [-0.25, -0.2) is 4.98 Å². The average Bonchev–Trinajstić information content (AvgIpc) is 2.82. The van der Waals surface area contributed by atoms with E-state index in [1.165, 1.54) is 0 Å². The summed E-state index contributed by atoms with van der Waals surface area (Å²) >= 11 is 3.42. The van der Waals surface area contributed by atoms with E-state index in [1.54, 1.807) is 0 Å². The summed E-state index contributed by atoms with van der Waals surface area (Å²) in [5, 5.41) is 0. The van der Waals surface area contributed by atoms with Crippen LogP contribution in [0.4, 0.5) is 5.69 Å². The fourth-order valence-electron chi connectivity index (χ4n) is 2.10. The Hall–Kier alpha value is -1.81. The van der Waals surface area contributed by atoms with Crippen molar-refractivity contribution in [2.75, 3.05) is 5.73 Å². The molecule has 0 aliphatic heterocycles. The predicted molar refractivity (Wildman–Crippen MR) is 80.9 cm³/mol. The van der Waals surface area contributed by atoms with Crippen molar-refractivity contribution in [1.29, 1.82) is 0 Å². The largest absolute Gasteiger partial charge is 0.436 e. The number of anilines is 1. The van der Waals surface area contributed by atoms with Crippen molar-refractivity contribution in [3.8, 4) is 11.5 Å². The summed E-state index contributed by atoms with van der Waals surface area (Å²) < 4.78 is 6.92. The summed E-state index contributed by atoms with van der Waals surface area (Å²) in [6.07, 6.45) is 0.872. The number of benzene rings is 2.